The van der Waals surface area contributed by atoms with Crippen molar-refractivity contribution in [2.75, 3.05) is 10.6 Å². The maximum Gasteiger partial charge on any atom is 0.337 e. The number of rotatable bonds is 4. The van der Waals surface area contributed by atoms with Crippen molar-refractivity contribution in [3.63, 3.8) is 0 Å². The van der Waals surface area contributed by atoms with Gasteiger partial charge in [0, 0.05) is 23.5 Å². The van der Waals surface area contributed by atoms with E-state index in [4.69, 9.17) is 5.73 Å². The molecule has 1 heterocycles. The molecule has 3 rings (SSSR count). The summed E-state index contributed by atoms with van der Waals surface area (Å²) < 4.78 is 0. The fourth-order valence-electron chi connectivity index (χ4n) is 2.99. The number of anilines is 2. The maximum absolute atomic E-state index is 13.0. The summed E-state index contributed by atoms with van der Waals surface area (Å²) in [7, 11) is 0. The average molecular weight is 352 g/mol. The number of carbonyl (C=O) groups excluding carboxylic acids is 3. The first-order valence-electron chi connectivity index (χ1n) is 7.95. The first-order chi connectivity index (χ1) is 12.3. The van der Waals surface area contributed by atoms with Crippen molar-refractivity contribution in [3.8, 4) is 0 Å². The van der Waals surface area contributed by atoms with Crippen LogP contribution in [0.15, 0.2) is 42.5 Å². The van der Waals surface area contributed by atoms with Crippen LogP contribution in [0.3, 0.4) is 0 Å². The summed E-state index contributed by atoms with van der Waals surface area (Å²) >= 11 is 0. The minimum absolute atomic E-state index is 0.00416. The molecule has 2 aromatic rings. The van der Waals surface area contributed by atoms with E-state index in [9.17, 15) is 24.3 Å². The maximum atomic E-state index is 13.0. The number of para-hydroxylation sites is 2. The summed E-state index contributed by atoms with van der Waals surface area (Å²) in [6.07, 6.45) is 0.0813. The minimum atomic E-state index is -1.25. The van der Waals surface area contributed by atoms with Gasteiger partial charge in [0.1, 0.15) is 0 Å². The molecule has 26 heavy (non-hydrogen) atoms. The number of aromatic carboxylic acids is 1. The lowest BCUT2D eigenvalue weighted by Gasteiger charge is -2.18. The van der Waals surface area contributed by atoms with Crippen LogP contribution in [0, 0.1) is 5.92 Å². The van der Waals surface area contributed by atoms with Gasteiger partial charge in [-0.15, -0.1) is 0 Å². The number of amides is 2. The van der Waals surface area contributed by atoms with Gasteiger partial charge in [0.25, 0.3) is 0 Å². The first-order valence-corrected chi connectivity index (χ1v) is 7.95. The lowest BCUT2D eigenvalue weighted by Crippen LogP contribution is -2.31. The lowest BCUT2D eigenvalue weighted by atomic mass is 9.97. The molecular formula is C19H16N2O5. The quantitative estimate of drug-likeness (QED) is 0.494. The van der Waals surface area contributed by atoms with Crippen molar-refractivity contribution in [3.05, 3.63) is 59.2 Å². The van der Waals surface area contributed by atoms with Crippen LogP contribution in [0.5, 0.6) is 0 Å². The van der Waals surface area contributed by atoms with Crippen molar-refractivity contribution < 1.29 is 24.3 Å². The number of ketones is 1. The van der Waals surface area contributed by atoms with Gasteiger partial charge < -0.3 is 10.8 Å². The van der Waals surface area contributed by atoms with Gasteiger partial charge in [-0.05, 0) is 24.3 Å². The van der Waals surface area contributed by atoms with Crippen LogP contribution in [0.25, 0.3) is 0 Å². The summed E-state index contributed by atoms with van der Waals surface area (Å²) in [6, 6.07) is 10.3. The smallest absolute Gasteiger partial charge is 0.337 e. The van der Waals surface area contributed by atoms with E-state index in [1.165, 1.54) is 30.3 Å². The third kappa shape index (κ3) is 2.73. The SMILES string of the molecule is CC1CC(=O)N(c2ccccc2C(=O)c2cccc(C(=O)O)c2N)C1=O. The van der Waals surface area contributed by atoms with Crippen molar-refractivity contribution in [1.29, 1.82) is 0 Å². The molecule has 7 nitrogen and oxygen atoms in total. The van der Waals surface area contributed by atoms with Gasteiger partial charge in [0.2, 0.25) is 11.8 Å². The highest BCUT2D eigenvalue weighted by molar-refractivity contribution is 6.25. The van der Waals surface area contributed by atoms with Gasteiger partial charge in [-0.25, -0.2) is 9.69 Å². The summed E-state index contributed by atoms with van der Waals surface area (Å²) in [5.74, 6) is -3.01. The van der Waals surface area contributed by atoms with Crippen LogP contribution in [0.1, 0.15) is 39.6 Å². The molecule has 2 amide bonds. The highest BCUT2D eigenvalue weighted by atomic mass is 16.4. The second kappa shape index (κ2) is 6.44. The second-order valence-electron chi connectivity index (χ2n) is 6.09. The average Bonchev–Trinajstić information content (AvgIpc) is 2.86. The Balaban J connectivity index is 2.11. The zero-order valence-corrected chi connectivity index (χ0v) is 13.9. The Kier molecular flexibility index (Phi) is 4.29. The Morgan fingerprint density at radius 2 is 1.65 bits per heavy atom. The zero-order valence-electron chi connectivity index (χ0n) is 13.9. The lowest BCUT2D eigenvalue weighted by molar-refractivity contribution is -0.122. The Morgan fingerprint density at radius 3 is 2.27 bits per heavy atom. The molecule has 0 saturated carbocycles. The molecule has 0 spiro atoms. The number of hydrogen-bond acceptors (Lipinski definition) is 5. The number of benzene rings is 2. The molecule has 0 aliphatic carbocycles. The summed E-state index contributed by atoms with van der Waals surface area (Å²) in [6.45, 7) is 1.65. The normalized spacial score (nSPS) is 16.8. The van der Waals surface area contributed by atoms with Crippen LogP contribution >= 0.6 is 0 Å². The van der Waals surface area contributed by atoms with E-state index in [-0.39, 0.29) is 46.3 Å². The molecule has 2 aromatic carbocycles. The van der Waals surface area contributed by atoms with Crippen LogP contribution in [-0.4, -0.2) is 28.7 Å². The largest absolute Gasteiger partial charge is 0.478 e. The van der Waals surface area contributed by atoms with E-state index in [0.29, 0.717) is 0 Å². The van der Waals surface area contributed by atoms with Gasteiger partial charge in [0.05, 0.1) is 16.9 Å². The van der Waals surface area contributed by atoms with E-state index >= 15 is 0 Å². The predicted molar refractivity (Wildman–Crippen MR) is 94.0 cm³/mol. The van der Waals surface area contributed by atoms with Gasteiger partial charge >= 0.3 is 5.97 Å². The van der Waals surface area contributed by atoms with Gasteiger partial charge in [0.15, 0.2) is 5.78 Å². The fourth-order valence-corrected chi connectivity index (χ4v) is 2.99. The van der Waals surface area contributed by atoms with E-state index in [2.05, 4.69) is 0 Å². The molecule has 1 aliphatic heterocycles. The number of nitrogen functional groups attached to an aromatic ring is 1. The number of nitrogens with two attached hydrogens (primary N) is 1. The molecule has 0 bridgehead atoms. The number of carboxylic acids is 1. The molecule has 1 saturated heterocycles. The molecule has 132 valence electrons. The van der Waals surface area contributed by atoms with E-state index < -0.39 is 17.7 Å². The molecule has 0 aromatic heterocycles. The summed E-state index contributed by atoms with van der Waals surface area (Å²) in [5, 5.41) is 9.18. The minimum Gasteiger partial charge on any atom is -0.478 e. The number of hydrogen-bond donors (Lipinski definition) is 2. The highest BCUT2D eigenvalue weighted by Gasteiger charge is 2.38. The number of imide groups is 1. The first kappa shape index (κ1) is 17.3. The third-order valence-corrected chi connectivity index (χ3v) is 4.34. The van der Waals surface area contributed by atoms with E-state index in [0.717, 1.165) is 4.90 Å². The monoisotopic (exact) mass is 352 g/mol. The molecule has 1 aliphatic rings. The highest BCUT2D eigenvalue weighted by Crippen LogP contribution is 2.31. The molecule has 3 N–H and O–H groups in total. The standard InChI is InChI=1S/C19H16N2O5/c1-10-9-15(22)21(18(10)24)14-8-3-2-5-11(14)17(23)12-6-4-7-13(16(12)20)19(25)26/h2-8,10H,9,20H2,1H3,(H,25,26). The number of carbonyl (C=O) groups is 4. The zero-order chi connectivity index (χ0) is 19.0. The van der Waals surface area contributed by atoms with Crippen molar-refractivity contribution >= 4 is 34.9 Å². The molecule has 7 heteroatoms. The van der Waals surface area contributed by atoms with E-state index in [1.54, 1.807) is 19.1 Å². The number of nitrogens with zero attached hydrogens (tertiary/aromatic N) is 1. The van der Waals surface area contributed by atoms with Crippen LogP contribution < -0.4 is 10.6 Å². The van der Waals surface area contributed by atoms with Crippen LogP contribution in [-0.2, 0) is 9.59 Å². The summed E-state index contributed by atoms with van der Waals surface area (Å²) in [4.78, 5) is 49.8. The van der Waals surface area contributed by atoms with Crippen molar-refractivity contribution in [1.82, 2.24) is 0 Å². The van der Waals surface area contributed by atoms with Gasteiger partial charge in [-0.1, -0.05) is 25.1 Å². The Hall–Kier alpha value is -3.48. The Morgan fingerprint density at radius 1 is 1.04 bits per heavy atom. The Labute approximate surface area is 149 Å². The molecule has 1 unspecified atom stereocenters. The van der Waals surface area contributed by atoms with Crippen LogP contribution in [0.4, 0.5) is 11.4 Å². The van der Waals surface area contributed by atoms with Gasteiger partial charge in [-0.3, -0.25) is 14.4 Å². The predicted octanol–water partition coefficient (Wildman–Crippen LogP) is 2.10. The van der Waals surface area contributed by atoms with Gasteiger partial charge in [-0.2, -0.15) is 0 Å². The Bertz CT molecular complexity index is 951. The van der Waals surface area contributed by atoms with E-state index in [1.807, 2.05) is 0 Å². The topological polar surface area (TPSA) is 118 Å². The molecule has 0 radical (unpaired) electrons. The molecular weight excluding hydrogens is 336 g/mol. The third-order valence-electron chi connectivity index (χ3n) is 4.34. The molecule has 1 fully saturated rings. The van der Waals surface area contributed by atoms with Crippen molar-refractivity contribution in [2.24, 2.45) is 5.92 Å². The fraction of sp³-hybridized carbons (Fsp3) is 0.158. The second-order valence-corrected chi connectivity index (χ2v) is 6.09. The summed E-state index contributed by atoms with van der Waals surface area (Å²) in [5.41, 5.74) is 5.80. The molecule has 1 atom stereocenters. The van der Waals surface area contributed by atoms with Crippen molar-refractivity contribution in [2.45, 2.75) is 13.3 Å². The van der Waals surface area contributed by atoms with Crippen LogP contribution in [0.2, 0.25) is 0 Å². The number of carboxylic acid groups (broad SMARTS) is 1.